The molecule has 0 unspecified atom stereocenters. The van der Waals surface area contributed by atoms with Crippen LogP contribution in [-0.4, -0.2) is 44.8 Å². The maximum Gasteiger partial charge on any atom is 0.261 e. The van der Waals surface area contributed by atoms with E-state index in [1.807, 2.05) is 16.0 Å². The first-order valence-electron chi connectivity index (χ1n) is 5.60. The number of aromatic nitrogens is 2. The molecule has 6 nitrogen and oxygen atoms in total. The highest BCUT2D eigenvalue weighted by Gasteiger charge is 2.17. The van der Waals surface area contributed by atoms with Gasteiger partial charge in [0.2, 0.25) is 0 Å². The van der Waals surface area contributed by atoms with Crippen molar-refractivity contribution in [3.63, 3.8) is 0 Å². The van der Waals surface area contributed by atoms with Gasteiger partial charge in [0.25, 0.3) is 5.91 Å². The molecule has 3 heterocycles. The van der Waals surface area contributed by atoms with Gasteiger partial charge in [-0.2, -0.15) is 0 Å². The fraction of sp³-hybridized carbons (Fsp3) is 0.273. The number of aliphatic hydroxyl groups is 2. The third-order valence-electron chi connectivity index (χ3n) is 2.74. The van der Waals surface area contributed by atoms with E-state index in [2.05, 4.69) is 10.3 Å². The molecule has 0 bridgehead atoms. The van der Waals surface area contributed by atoms with Crippen LogP contribution in [0, 0.1) is 0 Å². The van der Waals surface area contributed by atoms with Crippen molar-refractivity contribution in [2.75, 3.05) is 13.2 Å². The second kappa shape index (κ2) is 4.89. The lowest BCUT2D eigenvalue weighted by Gasteiger charge is -2.11. The molecule has 0 saturated carbocycles. The Bertz CT molecular complexity index is 726. The molecule has 1 amide bonds. The molecule has 3 N–H and O–H groups in total. The molecule has 0 aliphatic carbocycles. The summed E-state index contributed by atoms with van der Waals surface area (Å²) in [7, 11) is 0. The van der Waals surface area contributed by atoms with Crippen molar-refractivity contribution in [2.45, 2.75) is 6.04 Å². The molecule has 8 heteroatoms. The Morgan fingerprint density at radius 2 is 2.26 bits per heavy atom. The first-order valence-corrected chi connectivity index (χ1v) is 7.30. The van der Waals surface area contributed by atoms with Crippen LogP contribution in [0.3, 0.4) is 0 Å². The van der Waals surface area contributed by atoms with E-state index in [1.54, 1.807) is 17.4 Å². The summed E-state index contributed by atoms with van der Waals surface area (Å²) in [4.78, 5) is 18.6. The van der Waals surface area contributed by atoms with Crippen molar-refractivity contribution in [3.8, 4) is 0 Å². The monoisotopic (exact) mass is 297 g/mol. The second-order valence-corrected chi connectivity index (χ2v) is 5.91. The zero-order chi connectivity index (χ0) is 13.4. The number of thiazole rings is 1. The number of hydrogen-bond acceptors (Lipinski definition) is 6. The molecule has 3 aromatic heterocycles. The number of nitrogens with one attached hydrogen (secondary N) is 1. The Morgan fingerprint density at radius 3 is 3.00 bits per heavy atom. The van der Waals surface area contributed by atoms with Crippen LogP contribution in [0.5, 0.6) is 0 Å². The smallest absolute Gasteiger partial charge is 0.261 e. The molecule has 0 radical (unpaired) electrons. The highest BCUT2D eigenvalue weighted by molar-refractivity contribution is 7.21. The fourth-order valence-electron chi connectivity index (χ4n) is 1.77. The summed E-state index contributed by atoms with van der Waals surface area (Å²) in [6.45, 7) is -0.581. The Kier molecular flexibility index (Phi) is 3.23. The average molecular weight is 297 g/mol. The number of amides is 1. The Balaban J connectivity index is 1.92. The minimum absolute atomic E-state index is 0.291. The molecule has 19 heavy (non-hydrogen) atoms. The zero-order valence-corrected chi connectivity index (χ0v) is 11.4. The van der Waals surface area contributed by atoms with Gasteiger partial charge in [0, 0.05) is 11.6 Å². The van der Waals surface area contributed by atoms with Gasteiger partial charge in [-0.15, -0.1) is 22.7 Å². The Morgan fingerprint density at radius 1 is 1.47 bits per heavy atom. The molecule has 0 aromatic carbocycles. The number of fused-ring (bicyclic) bond motifs is 3. The lowest BCUT2D eigenvalue weighted by atomic mass is 10.3. The van der Waals surface area contributed by atoms with Gasteiger partial charge in [-0.1, -0.05) is 0 Å². The number of hydrogen-bond donors (Lipinski definition) is 3. The normalized spacial score (nSPS) is 11.7. The predicted octanol–water partition coefficient (Wildman–Crippen LogP) is 0.694. The first-order chi connectivity index (χ1) is 9.22. The van der Waals surface area contributed by atoms with E-state index >= 15 is 0 Å². The predicted molar refractivity (Wildman–Crippen MR) is 73.9 cm³/mol. The van der Waals surface area contributed by atoms with E-state index in [0.717, 1.165) is 15.3 Å². The summed E-state index contributed by atoms with van der Waals surface area (Å²) in [6.07, 6.45) is 1.91. The van der Waals surface area contributed by atoms with Crippen molar-refractivity contribution in [2.24, 2.45) is 0 Å². The van der Waals surface area contributed by atoms with Gasteiger partial charge in [0.05, 0.1) is 29.6 Å². The molecule has 3 rings (SSSR count). The van der Waals surface area contributed by atoms with Crippen LogP contribution >= 0.6 is 22.7 Å². The highest BCUT2D eigenvalue weighted by atomic mass is 32.1. The topological polar surface area (TPSA) is 86.9 Å². The first kappa shape index (κ1) is 12.5. The minimum Gasteiger partial charge on any atom is -0.394 e. The summed E-state index contributed by atoms with van der Waals surface area (Å²) in [5.74, 6) is -0.305. The van der Waals surface area contributed by atoms with E-state index in [-0.39, 0.29) is 19.1 Å². The van der Waals surface area contributed by atoms with Gasteiger partial charge in [-0.25, -0.2) is 4.98 Å². The van der Waals surface area contributed by atoms with Crippen molar-refractivity contribution >= 4 is 43.9 Å². The largest absolute Gasteiger partial charge is 0.394 e. The highest BCUT2D eigenvalue weighted by Crippen LogP contribution is 2.28. The summed E-state index contributed by atoms with van der Waals surface area (Å²) in [5, 5.41) is 22.4. The quantitative estimate of drug-likeness (QED) is 0.661. The van der Waals surface area contributed by atoms with Crippen LogP contribution in [0.4, 0.5) is 0 Å². The van der Waals surface area contributed by atoms with E-state index in [1.165, 1.54) is 11.3 Å². The maximum absolute atomic E-state index is 12.0. The summed E-state index contributed by atoms with van der Waals surface area (Å²) < 4.78 is 1.93. The molecule has 0 spiro atoms. The third-order valence-corrected chi connectivity index (χ3v) is 4.51. The van der Waals surface area contributed by atoms with Crippen molar-refractivity contribution < 1.29 is 15.0 Å². The lowest BCUT2D eigenvalue weighted by molar-refractivity contribution is 0.0883. The lowest BCUT2D eigenvalue weighted by Crippen LogP contribution is -2.39. The molecule has 0 fully saturated rings. The second-order valence-electron chi connectivity index (χ2n) is 4.00. The SMILES string of the molecule is O=C(NC(CO)CO)c1cc2c(nc3sccn32)s1. The number of thiophene rings is 1. The molecular formula is C11H11N3O3S2. The maximum atomic E-state index is 12.0. The van der Waals surface area contributed by atoms with Crippen LogP contribution < -0.4 is 5.32 Å². The third kappa shape index (κ3) is 2.12. The number of imidazole rings is 1. The molecular weight excluding hydrogens is 286 g/mol. The van der Waals surface area contributed by atoms with E-state index in [0.29, 0.717) is 4.88 Å². The van der Waals surface area contributed by atoms with E-state index in [9.17, 15) is 4.79 Å². The van der Waals surface area contributed by atoms with Crippen molar-refractivity contribution in [1.82, 2.24) is 14.7 Å². The molecule has 0 atom stereocenters. The Hall–Kier alpha value is -1.48. The summed E-state index contributed by atoms with van der Waals surface area (Å²) in [5.41, 5.74) is 0.899. The number of aliphatic hydroxyl groups excluding tert-OH is 2. The van der Waals surface area contributed by atoms with Crippen LogP contribution in [0.25, 0.3) is 15.3 Å². The molecule has 0 saturated heterocycles. The van der Waals surface area contributed by atoms with Crippen LogP contribution in [0.2, 0.25) is 0 Å². The molecule has 0 aliphatic rings. The number of carbonyl (C=O) groups excluding carboxylic acids is 1. The molecule has 3 aromatic rings. The average Bonchev–Trinajstić information content (AvgIpc) is 3.06. The van der Waals surface area contributed by atoms with Crippen LogP contribution in [-0.2, 0) is 0 Å². The van der Waals surface area contributed by atoms with E-state index in [4.69, 9.17) is 10.2 Å². The van der Waals surface area contributed by atoms with Gasteiger partial charge in [-0.3, -0.25) is 9.20 Å². The number of rotatable bonds is 4. The molecule has 0 aliphatic heterocycles. The fourth-order valence-corrected chi connectivity index (χ4v) is 3.47. The van der Waals surface area contributed by atoms with Gasteiger partial charge in [0.1, 0.15) is 4.83 Å². The van der Waals surface area contributed by atoms with Crippen LogP contribution in [0.1, 0.15) is 9.67 Å². The number of nitrogens with zero attached hydrogens (tertiary/aromatic N) is 2. The van der Waals surface area contributed by atoms with Gasteiger partial charge in [-0.05, 0) is 6.07 Å². The van der Waals surface area contributed by atoms with Crippen molar-refractivity contribution in [1.29, 1.82) is 0 Å². The van der Waals surface area contributed by atoms with E-state index < -0.39 is 6.04 Å². The Labute approximate surface area is 115 Å². The van der Waals surface area contributed by atoms with Gasteiger partial charge in [0.15, 0.2) is 4.96 Å². The molecule has 100 valence electrons. The standard InChI is InChI=1S/C11H11N3O3S2/c15-4-6(5-16)12-9(17)8-3-7-10(19-8)13-11-14(7)1-2-18-11/h1-3,6,15-16H,4-5H2,(H,12,17). The number of carbonyl (C=O) groups is 1. The minimum atomic E-state index is -0.634. The van der Waals surface area contributed by atoms with Gasteiger partial charge >= 0.3 is 0 Å². The zero-order valence-electron chi connectivity index (χ0n) is 9.74. The summed E-state index contributed by atoms with van der Waals surface area (Å²) in [6, 6.07) is 1.14. The van der Waals surface area contributed by atoms with Crippen LogP contribution in [0.15, 0.2) is 17.6 Å². The summed E-state index contributed by atoms with van der Waals surface area (Å²) >= 11 is 2.84. The van der Waals surface area contributed by atoms with Gasteiger partial charge < -0.3 is 15.5 Å². The van der Waals surface area contributed by atoms with Crippen molar-refractivity contribution in [3.05, 3.63) is 22.5 Å².